The molecular weight excluding hydrogens is 599 g/mol. The van der Waals surface area contributed by atoms with Gasteiger partial charge in [0.1, 0.15) is 35.0 Å². The Balaban J connectivity index is 1.51. The average Bonchev–Trinajstić information content (AvgIpc) is 3.31. The number of nitrogens with zero attached hydrogens (tertiary/aromatic N) is 6. The van der Waals surface area contributed by atoms with E-state index in [2.05, 4.69) is 16.5 Å². The molecule has 4 aliphatic rings. The van der Waals surface area contributed by atoms with Crippen LogP contribution in [0.3, 0.4) is 0 Å². The molecule has 2 unspecified atom stereocenters. The fraction of sp³-hybridized carbons (Fsp3) is 0.516. The Hall–Kier alpha value is -3.78. The average molecular weight is 635 g/mol. The molecule has 5 heterocycles. The normalized spacial score (nSPS) is 26.3. The summed E-state index contributed by atoms with van der Waals surface area (Å²) in [6.07, 6.45) is -3.92. The molecule has 1 aromatic carbocycles. The summed E-state index contributed by atoms with van der Waals surface area (Å²) in [7, 11) is 1.95. The lowest BCUT2D eigenvalue weighted by Crippen LogP contribution is -2.57. The lowest BCUT2D eigenvalue weighted by molar-refractivity contribution is -0.180. The molecule has 3 saturated heterocycles. The van der Waals surface area contributed by atoms with Crippen LogP contribution in [-0.2, 0) is 4.79 Å². The van der Waals surface area contributed by atoms with Gasteiger partial charge in [-0.05, 0) is 38.6 Å². The van der Waals surface area contributed by atoms with E-state index in [1.807, 2.05) is 11.9 Å². The van der Waals surface area contributed by atoms with Gasteiger partial charge in [0, 0.05) is 64.0 Å². The van der Waals surface area contributed by atoms with Crippen molar-refractivity contribution in [3.8, 4) is 17.0 Å². The van der Waals surface area contributed by atoms with E-state index in [0.29, 0.717) is 26.2 Å². The number of amides is 2. The predicted octanol–water partition coefficient (Wildman–Crippen LogP) is 3.41. The Morgan fingerprint density at radius 1 is 1.07 bits per heavy atom. The summed E-state index contributed by atoms with van der Waals surface area (Å²) in [5.41, 5.74) is -3.74. The number of likely N-dealkylation sites (N-methyl/N-ethyl adjacent to an activating group) is 1. The van der Waals surface area contributed by atoms with Crippen LogP contribution in [0.5, 0.6) is 5.75 Å². The molecule has 45 heavy (non-hydrogen) atoms. The second kappa shape index (κ2) is 11.5. The standard InChI is InChI=1S/C31H35F5N6O3/c1-4-23(43)40-13-14-41-20(16-40)18-45-27-24(29(41)44)28(37-26(25(27)33)21-7-5-6-8-22(21)32)42-17-19(15-30(42,2)31(34,35)36)39-11-9-38(3)10-12-39/h4-8,19-20H,1,9-18H2,2-3H3/t19?,20-,30?/m1/s1. The van der Waals surface area contributed by atoms with E-state index in [9.17, 15) is 9.59 Å². The molecule has 3 atom stereocenters. The number of carbonyl (C=O) groups excluding carboxylic acids is 2. The van der Waals surface area contributed by atoms with Crippen LogP contribution in [0.2, 0.25) is 0 Å². The van der Waals surface area contributed by atoms with Crippen LogP contribution in [0.1, 0.15) is 23.7 Å². The van der Waals surface area contributed by atoms with Crippen LogP contribution in [0.4, 0.5) is 27.8 Å². The molecule has 242 valence electrons. The maximum absolute atomic E-state index is 16.4. The Morgan fingerprint density at radius 3 is 2.44 bits per heavy atom. The number of anilines is 1. The first-order valence-corrected chi connectivity index (χ1v) is 14.9. The molecule has 0 bridgehead atoms. The van der Waals surface area contributed by atoms with E-state index in [1.54, 1.807) is 0 Å². The number of aromatic nitrogens is 1. The van der Waals surface area contributed by atoms with Crippen LogP contribution in [0.25, 0.3) is 11.3 Å². The molecule has 4 aliphatic heterocycles. The SMILES string of the molecule is C=CC(=O)N1CCN2C(=O)c3c(N4CC(N5CCN(C)CC5)CC4(C)C(F)(F)F)nc(-c4ccccc4F)c(F)c3OC[C@H]2C1. The van der Waals surface area contributed by atoms with Crippen molar-refractivity contribution in [2.24, 2.45) is 0 Å². The van der Waals surface area contributed by atoms with Crippen LogP contribution in [-0.4, -0.2) is 126 Å². The number of benzene rings is 1. The maximum Gasteiger partial charge on any atom is 0.411 e. The second-order valence-corrected chi connectivity index (χ2v) is 12.3. The van der Waals surface area contributed by atoms with Crippen molar-refractivity contribution in [1.82, 2.24) is 24.6 Å². The maximum atomic E-state index is 16.4. The quantitative estimate of drug-likeness (QED) is 0.377. The van der Waals surface area contributed by atoms with Gasteiger partial charge in [0.25, 0.3) is 5.91 Å². The lowest BCUT2D eigenvalue weighted by Gasteiger charge is -2.40. The highest BCUT2D eigenvalue weighted by Gasteiger charge is 2.61. The molecule has 0 aliphatic carbocycles. The Kier molecular flexibility index (Phi) is 8.00. The second-order valence-electron chi connectivity index (χ2n) is 12.3. The number of halogens is 5. The van der Waals surface area contributed by atoms with E-state index in [4.69, 9.17) is 4.74 Å². The summed E-state index contributed by atoms with van der Waals surface area (Å²) in [6.45, 7) is 6.95. The number of fused-ring (bicyclic) bond motifs is 2. The van der Waals surface area contributed by atoms with Crippen LogP contribution >= 0.6 is 0 Å². The van der Waals surface area contributed by atoms with Gasteiger partial charge in [-0.2, -0.15) is 13.2 Å². The largest absolute Gasteiger partial charge is 0.487 e. The van der Waals surface area contributed by atoms with Crippen molar-refractivity contribution < 1.29 is 36.3 Å². The summed E-state index contributed by atoms with van der Waals surface area (Å²) >= 11 is 0. The first-order valence-electron chi connectivity index (χ1n) is 14.9. The summed E-state index contributed by atoms with van der Waals surface area (Å²) in [4.78, 5) is 39.0. The number of ether oxygens (including phenoxy) is 1. The summed E-state index contributed by atoms with van der Waals surface area (Å²) < 4.78 is 82.5. The Bertz CT molecular complexity index is 1510. The van der Waals surface area contributed by atoms with Gasteiger partial charge in [0.2, 0.25) is 5.91 Å². The topological polar surface area (TPSA) is 72.5 Å². The summed E-state index contributed by atoms with van der Waals surface area (Å²) in [6, 6.07) is 3.99. The van der Waals surface area contributed by atoms with Gasteiger partial charge in [0.05, 0.1) is 6.04 Å². The number of alkyl halides is 3. The minimum Gasteiger partial charge on any atom is -0.487 e. The third-order valence-corrected chi connectivity index (χ3v) is 9.61. The molecule has 0 radical (unpaired) electrons. The molecule has 0 spiro atoms. The minimum atomic E-state index is -4.76. The lowest BCUT2D eigenvalue weighted by atomic mass is 9.95. The number of hydrogen-bond acceptors (Lipinski definition) is 7. The van der Waals surface area contributed by atoms with Crippen molar-refractivity contribution in [2.45, 2.75) is 37.1 Å². The van der Waals surface area contributed by atoms with Gasteiger partial charge in [-0.3, -0.25) is 14.5 Å². The summed E-state index contributed by atoms with van der Waals surface area (Å²) in [5.74, 6) is -4.07. The van der Waals surface area contributed by atoms with Crippen LogP contribution < -0.4 is 9.64 Å². The minimum absolute atomic E-state index is 0.0441. The fourth-order valence-electron chi connectivity index (χ4n) is 6.87. The van der Waals surface area contributed by atoms with Crippen LogP contribution in [0, 0.1) is 11.6 Å². The zero-order chi connectivity index (χ0) is 32.3. The van der Waals surface area contributed by atoms with Crippen molar-refractivity contribution >= 4 is 17.6 Å². The first kappa shape index (κ1) is 31.2. The summed E-state index contributed by atoms with van der Waals surface area (Å²) in [5, 5.41) is 0. The molecule has 2 aromatic rings. The van der Waals surface area contributed by atoms with Gasteiger partial charge in [-0.15, -0.1) is 0 Å². The molecule has 6 rings (SSSR count). The van der Waals surface area contributed by atoms with Crippen molar-refractivity contribution in [1.29, 1.82) is 0 Å². The third kappa shape index (κ3) is 5.31. The molecular formula is C31H35F5N6O3. The van der Waals surface area contributed by atoms with E-state index in [0.717, 1.165) is 24.0 Å². The highest BCUT2D eigenvalue weighted by Crippen LogP contribution is 2.49. The Labute approximate surface area is 257 Å². The number of pyridine rings is 1. The zero-order valence-corrected chi connectivity index (χ0v) is 25.1. The van der Waals surface area contributed by atoms with Gasteiger partial charge in [-0.1, -0.05) is 18.7 Å². The molecule has 3 fully saturated rings. The van der Waals surface area contributed by atoms with Gasteiger partial charge in [0.15, 0.2) is 11.6 Å². The molecule has 0 saturated carbocycles. The number of carbonyl (C=O) groups is 2. The number of rotatable bonds is 4. The molecule has 2 amide bonds. The van der Waals surface area contributed by atoms with Crippen molar-refractivity contribution in [3.05, 3.63) is 54.1 Å². The number of hydrogen-bond donors (Lipinski definition) is 0. The van der Waals surface area contributed by atoms with Crippen molar-refractivity contribution in [3.63, 3.8) is 0 Å². The molecule has 1 aromatic heterocycles. The van der Waals surface area contributed by atoms with Gasteiger partial charge in [-0.25, -0.2) is 13.8 Å². The Morgan fingerprint density at radius 2 is 1.78 bits per heavy atom. The van der Waals surface area contributed by atoms with E-state index in [-0.39, 0.29) is 50.7 Å². The fourth-order valence-corrected chi connectivity index (χ4v) is 6.87. The van der Waals surface area contributed by atoms with E-state index >= 15 is 22.0 Å². The molecule has 14 heteroatoms. The van der Waals surface area contributed by atoms with Gasteiger partial charge < -0.3 is 24.3 Å². The highest BCUT2D eigenvalue weighted by atomic mass is 19.4. The molecule has 0 N–H and O–H groups in total. The van der Waals surface area contributed by atoms with Crippen LogP contribution in [0.15, 0.2) is 36.9 Å². The predicted molar refractivity (Wildman–Crippen MR) is 156 cm³/mol. The zero-order valence-electron chi connectivity index (χ0n) is 25.1. The smallest absolute Gasteiger partial charge is 0.411 e. The van der Waals surface area contributed by atoms with Gasteiger partial charge >= 0.3 is 6.18 Å². The monoisotopic (exact) mass is 634 g/mol. The highest BCUT2D eigenvalue weighted by molar-refractivity contribution is 6.03. The number of piperazine rings is 2. The molecule has 9 nitrogen and oxygen atoms in total. The van der Waals surface area contributed by atoms with E-state index in [1.165, 1.54) is 28.0 Å². The third-order valence-electron chi connectivity index (χ3n) is 9.61. The first-order chi connectivity index (χ1) is 21.3. The van der Waals surface area contributed by atoms with E-state index < -0.39 is 64.2 Å². The van der Waals surface area contributed by atoms with Crippen molar-refractivity contribution in [2.75, 3.05) is 70.9 Å².